The molecule has 0 rings (SSSR count). The second-order valence-electron chi connectivity index (χ2n) is 15.8. The summed E-state index contributed by atoms with van der Waals surface area (Å²) in [4.78, 5) is 22.8. The molecule has 6 N–H and O–H groups in total. The zero-order valence-corrected chi connectivity index (χ0v) is 36.2. The first-order chi connectivity index (χ1) is 26.3. The molecule has 4 atom stereocenters. The molecule has 0 bridgehead atoms. The topological polar surface area (TPSA) is 151 Å². The lowest BCUT2D eigenvalue weighted by atomic mass is 10.0. The molecular formula is C44H89N2O7P. The fraction of sp³-hybridized carbons (Fsp3) is 0.932. The summed E-state index contributed by atoms with van der Waals surface area (Å²) in [5.41, 5.74) is 5.37. The second kappa shape index (κ2) is 40.4. The predicted octanol–water partition coefficient (Wildman–Crippen LogP) is 11.8. The Kier molecular flexibility index (Phi) is 39.8. The van der Waals surface area contributed by atoms with Gasteiger partial charge in [0.2, 0.25) is 5.91 Å². The highest BCUT2D eigenvalue weighted by atomic mass is 31.2. The Hall–Kier alpha value is -0.800. The van der Waals surface area contributed by atoms with E-state index >= 15 is 0 Å². The van der Waals surface area contributed by atoms with Gasteiger partial charge in [-0.15, -0.1) is 0 Å². The highest BCUT2D eigenvalue weighted by Gasteiger charge is 2.27. The van der Waals surface area contributed by atoms with E-state index in [4.69, 9.17) is 14.8 Å². The van der Waals surface area contributed by atoms with Gasteiger partial charge < -0.3 is 26.2 Å². The van der Waals surface area contributed by atoms with E-state index in [2.05, 4.69) is 19.2 Å². The number of nitrogens with one attached hydrogen (secondary N) is 1. The van der Waals surface area contributed by atoms with Gasteiger partial charge in [0.1, 0.15) is 0 Å². The lowest BCUT2D eigenvalue weighted by Crippen LogP contribution is -2.46. The van der Waals surface area contributed by atoms with Gasteiger partial charge in [0, 0.05) is 6.54 Å². The van der Waals surface area contributed by atoms with E-state index in [1.54, 1.807) is 6.08 Å². The maximum absolute atomic E-state index is 12.8. The summed E-state index contributed by atoms with van der Waals surface area (Å²) in [5, 5.41) is 24.1. The molecule has 322 valence electrons. The first-order valence-corrected chi connectivity index (χ1v) is 24.4. The van der Waals surface area contributed by atoms with Gasteiger partial charge >= 0.3 is 7.82 Å². The first-order valence-electron chi connectivity index (χ1n) is 22.9. The summed E-state index contributed by atoms with van der Waals surface area (Å²) < 4.78 is 22.1. The van der Waals surface area contributed by atoms with Gasteiger partial charge in [-0.2, -0.15) is 0 Å². The van der Waals surface area contributed by atoms with E-state index in [9.17, 15) is 24.5 Å². The van der Waals surface area contributed by atoms with Crippen LogP contribution < -0.4 is 11.1 Å². The number of hydrogen-bond donors (Lipinski definition) is 5. The molecule has 0 heterocycles. The Morgan fingerprint density at radius 2 is 1.02 bits per heavy atom. The van der Waals surface area contributed by atoms with Crippen LogP contribution in [-0.4, -0.2) is 59.0 Å². The number of rotatable bonds is 43. The molecule has 0 aliphatic heterocycles. The molecule has 0 fully saturated rings. The quantitative estimate of drug-likeness (QED) is 0.0233. The maximum atomic E-state index is 12.8. The number of aliphatic hydroxyl groups is 2. The minimum atomic E-state index is -4.40. The van der Waals surface area contributed by atoms with Crippen molar-refractivity contribution < 1.29 is 33.5 Å². The van der Waals surface area contributed by atoms with Crippen molar-refractivity contribution in [1.29, 1.82) is 0 Å². The summed E-state index contributed by atoms with van der Waals surface area (Å²) in [6.45, 7) is 4.00. The molecule has 0 saturated heterocycles. The fourth-order valence-electron chi connectivity index (χ4n) is 6.94. The number of carbonyl (C=O) groups is 1. The van der Waals surface area contributed by atoms with Crippen molar-refractivity contribution in [2.24, 2.45) is 5.73 Å². The Morgan fingerprint density at radius 3 is 1.43 bits per heavy atom. The van der Waals surface area contributed by atoms with Crippen molar-refractivity contribution in [1.82, 2.24) is 5.32 Å². The van der Waals surface area contributed by atoms with Crippen molar-refractivity contribution in [3.63, 3.8) is 0 Å². The monoisotopic (exact) mass is 789 g/mol. The smallest absolute Gasteiger partial charge is 0.393 e. The van der Waals surface area contributed by atoms with Crippen LogP contribution in [0.15, 0.2) is 12.2 Å². The van der Waals surface area contributed by atoms with E-state index in [-0.39, 0.29) is 19.6 Å². The fourth-order valence-corrected chi connectivity index (χ4v) is 7.70. The molecule has 0 saturated carbocycles. The summed E-state index contributed by atoms with van der Waals surface area (Å²) in [6.07, 6.45) is 41.5. The summed E-state index contributed by atoms with van der Waals surface area (Å²) in [6, 6.07) is -0.977. The van der Waals surface area contributed by atoms with Crippen LogP contribution in [0.5, 0.6) is 0 Å². The van der Waals surface area contributed by atoms with Crippen molar-refractivity contribution >= 4 is 13.7 Å². The number of nitrogens with two attached hydrogens (primary N) is 1. The molecule has 0 aliphatic rings. The molecule has 4 unspecified atom stereocenters. The number of hydrogen-bond acceptors (Lipinski definition) is 7. The van der Waals surface area contributed by atoms with Crippen molar-refractivity contribution in [2.45, 2.75) is 244 Å². The lowest BCUT2D eigenvalue weighted by Gasteiger charge is -2.24. The van der Waals surface area contributed by atoms with Gasteiger partial charge in [-0.1, -0.05) is 212 Å². The standard InChI is InChI=1S/C44H89N2O7P/c1-3-5-7-9-11-13-15-17-19-20-21-22-24-26-28-30-32-34-36-43(48)42(40-53-54(50,51)52-38-37-45)46-44(49)39-41(47)35-33-31-29-27-25-23-18-16-14-12-10-8-6-4-2/h34,36,41-43,47-48H,3-33,35,37-40,45H2,1-2H3,(H,46,49)(H,50,51)/b36-34+. The second-order valence-corrected chi connectivity index (χ2v) is 17.3. The molecule has 0 aliphatic carbocycles. The van der Waals surface area contributed by atoms with Gasteiger partial charge in [0.05, 0.1) is 37.9 Å². The van der Waals surface area contributed by atoms with E-state index in [1.165, 1.54) is 161 Å². The van der Waals surface area contributed by atoms with Gasteiger partial charge in [-0.3, -0.25) is 13.8 Å². The maximum Gasteiger partial charge on any atom is 0.472 e. The molecule has 0 aromatic rings. The number of amides is 1. The largest absolute Gasteiger partial charge is 0.472 e. The summed E-state index contributed by atoms with van der Waals surface area (Å²) in [7, 11) is -4.40. The Balaban J connectivity index is 4.28. The van der Waals surface area contributed by atoms with Gasteiger partial charge in [0.15, 0.2) is 0 Å². The average molecular weight is 789 g/mol. The molecule has 9 nitrogen and oxygen atoms in total. The average Bonchev–Trinajstić information content (AvgIpc) is 3.15. The SMILES string of the molecule is CCCCCCCCCCCCCCCCCC/C=C/C(O)C(COP(=O)(O)OCCN)NC(=O)CC(O)CCCCCCCCCCCCCCCC. The van der Waals surface area contributed by atoms with E-state index in [0.29, 0.717) is 6.42 Å². The predicted molar refractivity (Wildman–Crippen MR) is 228 cm³/mol. The van der Waals surface area contributed by atoms with Crippen LogP contribution in [0.3, 0.4) is 0 Å². The Labute approximate surface area is 333 Å². The normalized spacial score (nSPS) is 14.7. The number of carbonyl (C=O) groups excluding carboxylic acids is 1. The van der Waals surface area contributed by atoms with Crippen LogP contribution in [0.2, 0.25) is 0 Å². The number of allylic oxidation sites excluding steroid dienone is 1. The third-order valence-corrected chi connectivity index (χ3v) is 11.4. The Morgan fingerprint density at radius 1 is 0.630 bits per heavy atom. The molecule has 0 radical (unpaired) electrons. The summed E-state index contributed by atoms with van der Waals surface area (Å²) >= 11 is 0. The third-order valence-electron chi connectivity index (χ3n) is 10.4. The van der Waals surface area contributed by atoms with Crippen LogP contribution in [0.1, 0.15) is 226 Å². The van der Waals surface area contributed by atoms with Crippen LogP contribution in [0.4, 0.5) is 0 Å². The third kappa shape index (κ3) is 38.1. The minimum Gasteiger partial charge on any atom is -0.393 e. The highest BCUT2D eigenvalue weighted by Crippen LogP contribution is 2.43. The van der Waals surface area contributed by atoms with E-state index < -0.39 is 38.6 Å². The zero-order valence-electron chi connectivity index (χ0n) is 35.3. The Bertz CT molecular complexity index is 878. The molecule has 54 heavy (non-hydrogen) atoms. The zero-order chi connectivity index (χ0) is 39.8. The van der Waals surface area contributed by atoms with Gasteiger partial charge in [-0.25, -0.2) is 4.57 Å². The molecule has 1 amide bonds. The lowest BCUT2D eigenvalue weighted by molar-refractivity contribution is -0.124. The van der Waals surface area contributed by atoms with Crippen LogP contribution in [0.25, 0.3) is 0 Å². The minimum absolute atomic E-state index is 0.0516. The van der Waals surface area contributed by atoms with Gasteiger partial charge in [0.25, 0.3) is 0 Å². The van der Waals surface area contributed by atoms with Crippen molar-refractivity contribution in [3.05, 3.63) is 12.2 Å². The number of phosphoric ester groups is 1. The van der Waals surface area contributed by atoms with E-state index in [0.717, 1.165) is 38.5 Å². The first kappa shape index (κ1) is 53.2. The van der Waals surface area contributed by atoms with E-state index in [1.807, 2.05) is 6.08 Å². The molecule has 0 aromatic heterocycles. The molecule has 0 aromatic carbocycles. The van der Waals surface area contributed by atoms with Crippen molar-refractivity contribution in [2.75, 3.05) is 19.8 Å². The van der Waals surface area contributed by atoms with Crippen molar-refractivity contribution in [3.8, 4) is 0 Å². The highest BCUT2D eigenvalue weighted by molar-refractivity contribution is 7.47. The number of unbranched alkanes of at least 4 members (excludes halogenated alkanes) is 29. The number of aliphatic hydroxyl groups excluding tert-OH is 2. The van der Waals surface area contributed by atoms with Crippen LogP contribution in [-0.2, 0) is 18.4 Å². The number of phosphoric acid groups is 1. The van der Waals surface area contributed by atoms with Crippen LogP contribution >= 0.6 is 7.82 Å². The molecule has 10 heteroatoms. The van der Waals surface area contributed by atoms with Crippen LogP contribution in [0, 0.1) is 0 Å². The van der Waals surface area contributed by atoms with Gasteiger partial charge in [-0.05, 0) is 19.3 Å². The summed E-state index contributed by atoms with van der Waals surface area (Å²) in [5.74, 6) is -0.442. The molecule has 0 spiro atoms. The molecular weight excluding hydrogens is 699 g/mol.